The van der Waals surface area contributed by atoms with Crippen molar-refractivity contribution < 1.29 is 9.53 Å². The maximum Gasteiger partial charge on any atom is 0.338 e. The van der Waals surface area contributed by atoms with Crippen LogP contribution in [0.2, 0.25) is 0 Å². The van der Waals surface area contributed by atoms with Crippen LogP contribution in [-0.4, -0.2) is 15.9 Å². The highest BCUT2D eigenvalue weighted by Gasteiger charge is 2.09. The lowest BCUT2D eigenvalue weighted by molar-refractivity contribution is 0.0472. The van der Waals surface area contributed by atoms with Gasteiger partial charge in [-0.3, -0.25) is 9.97 Å². The summed E-state index contributed by atoms with van der Waals surface area (Å²) in [4.78, 5) is 20.5. The minimum absolute atomic E-state index is 0.268. The summed E-state index contributed by atoms with van der Waals surface area (Å²) < 4.78 is 5.36. The molecule has 21 heavy (non-hydrogen) atoms. The lowest BCUT2D eigenvalue weighted by atomic mass is 10.1. The molecule has 4 nitrogen and oxygen atoms in total. The Kier molecular flexibility index (Phi) is 3.60. The van der Waals surface area contributed by atoms with Crippen molar-refractivity contribution in [3.63, 3.8) is 0 Å². The molecule has 0 radical (unpaired) electrons. The van der Waals surface area contributed by atoms with Crippen LogP contribution in [0.25, 0.3) is 11.0 Å². The summed E-state index contributed by atoms with van der Waals surface area (Å²) in [5.41, 5.74) is 4.04. The van der Waals surface area contributed by atoms with Crippen LogP contribution in [0.4, 0.5) is 0 Å². The maximum atomic E-state index is 12.1. The largest absolute Gasteiger partial charge is 0.457 e. The Balaban J connectivity index is 1.76. The van der Waals surface area contributed by atoms with Crippen LogP contribution >= 0.6 is 0 Å². The summed E-state index contributed by atoms with van der Waals surface area (Å²) in [5, 5.41) is 0. The Morgan fingerprint density at radius 3 is 2.62 bits per heavy atom. The Morgan fingerprint density at radius 1 is 1.05 bits per heavy atom. The molecule has 0 aliphatic rings. The van der Waals surface area contributed by atoms with Crippen LogP contribution in [0.3, 0.4) is 0 Å². The highest BCUT2D eigenvalue weighted by Crippen LogP contribution is 2.14. The molecule has 1 aromatic heterocycles. The zero-order valence-electron chi connectivity index (χ0n) is 11.6. The highest BCUT2D eigenvalue weighted by molar-refractivity contribution is 5.93. The Morgan fingerprint density at radius 2 is 1.81 bits per heavy atom. The van der Waals surface area contributed by atoms with E-state index < -0.39 is 0 Å². The number of fused-ring (bicyclic) bond motifs is 1. The molecule has 0 amide bonds. The number of esters is 1. The van der Waals surface area contributed by atoms with Gasteiger partial charge in [0.1, 0.15) is 6.61 Å². The van der Waals surface area contributed by atoms with Crippen LogP contribution in [0.1, 0.15) is 21.5 Å². The number of benzene rings is 2. The van der Waals surface area contributed by atoms with Crippen molar-refractivity contribution >= 4 is 17.0 Å². The number of nitrogens with zero attached hydrogens (tertiary/aromatic N) is 2. The average Bonchev–Trinajstić information content (AvgIpc) is 2.53. The summed E-state index contributed by atoms with van der Waals surface area (Å²) in [6.45, 7) is 2.26. The Bertz CT molecular complexity index is 799. The van der Waals surface area contributed by atoms with Crippen molar-refractivity contribution in [3.05, 3.63) is 71.5 Å². The molecule has 104 valence electrons. The lowest BCUT2D eigenvalue weighted by Gasteiger charge is -2.07. The predicted octanol–water partition coefficient (Wildman–Crippen LogP) is 3.30. The number of aryl methyl sites for hydroxylation is 1. The molecule has 1 heterocycles. The van der Waals surface area contributed by atoms with Gasteiger partial charge in [0.15, 0.2) is 0 Å². The van der Waals surface area contributed by atoms with Gasteiger partial charge in [0.05, 0.1) is 16.6 Å². The first kappa shape index (κ1) is 13.2. The second-order valence-electron chi connectivity index (χ2n) is 4.76. The molecule has 3 rings (SSSR count). The number of ether oxygens (including phenoxy) is 1. The van der Waals surface area contributed by atoms with E-state index >= 15 is 0 Å². The fourth-order valence-corrected chi connectivity index (χ4v) is 2.09. The molecule has 0 bridgehead atoms. The quantitative estimate of drug-likeness (QED) is 0.690. The number of hydrogen-bond donors (Lipinski definition) is 0. The second-order valence-corrected chi connectivity index (χ2v) is 4.76. The molecule has 0 fully saturated rings. The number of hydrogen-bond acceptors (Lipinski definition) is 4. The third-order valence-electron chi connectivity index (χ3n) is 3.33. The first-order valence-electron chi connectivity index (χ1n) is 6.66. The molecule has 0 spiro atoms. The van der Waals surface area contributed by atoms with E-state index in [0.717, 1.165) is 16.6 Å². The smallest absolute Gasteiger partial charge is 0.338 e. The Hall–Kier alpha value is -2.75. The zero-order valence-corrected chi connectivity index (χ0v) is 11.6. The number of carbonyl (C=O) groups excluding carboxylic acids is 1. The van der Waals surface area contributed by atoms with Crippen LogP contribution < -0.4 is 0 Å². The fourth-order valence-electron chi connectivity index (χ4n) is 2.09. The summed E-state index contributed by atoms with van der Waals surface area (Å²) in [5.74, 6) is -0.356. The van der Waals surface area contributed by atoms with Crippen molar-refractivity contribution in [2.75, 3.05) is 0 Å². The molecule has 0 atom stereocenters. The van der Waals surface area contributed by atoms with Gasteiger partial charge in [-0.1, -0.05) is 24.3 Å². The molecule has 0 unspecified atom stereocenters. The van der Waals surface area contributed by atoms with Crippen molar-refractivity contribution in [1.82, 2.24) is 9.97 Å². The minimum Gasteiger partial charge on any atom is -0.457 e. The van der Waals surface area contributed by atoms with Gasteiger partial charge >= 0.3 is 5.97 Å². The van der Waals surface area contributed by atoms with E-state index in [1.165, 1.54) is 0 Å². The van der Waals surface area contributed by atoms with E-state index in [2.05, 4.69) is 9.97 Å². The summed E-state index contributed by atoms with van der Waals surface area (Å²) in [7, 11) is 0. The number of carbonyl (C=O) groups is 1. The summed E-state index contributed by atoms with van der Waals surface area (Å²) in [6.07, 6.45) is 3.23. The SMILES string of the molecule is Cc1ccccc1COC(=O)c1ccc2nccnc2c1. The van der Waals surface area contributed by atoms with Gasteiger partial charge in [-0.15, -0.1) is 0 Å². The first-order valence-corrected chi connectivity index (χ1v) is 6.66. The highest BCUT2D eigenvalue weighted by atomic mass is 16.5. The molecular formula is C17H14N2O2. The van der Waals surface area contributed by atoms with Gasteiger partial charge in [-0.25, -0.2) is 4.79 Å². The molecular weight excluding hydrogens is 264 g/mol. The van der Waals surface area contributed by atoms with Crippen molar-refractivity contribution in [3.8, 4) is 0 Å². The van der Waals surface area contributed by atoms with Crippen LogP contribution in [-0.2, 0) is 11.3 Å². The van der Waals surface area contributed by atoms with E-state index in [1.54, 1.807) is 30.6 Å². The van der Waals surface area contributed by atoms with Gasteiger partial charge in [-0.2, -0.15) is 0 Å². The van der Waals surface area contributed by atoms with E-state index in [4.69, 9.17) is 4.74 Å². The van der Waals surface area contributed by atoms with Gasteiger partial charge in [0.25, 0.3) is 0 Å². The van der Waals surface area contributed by atoms with E-state index in [9.17, 15) is 4.79 Å². The molecule has 0 saturated heterocycles. The summed E-state index contributed by atoms with van der Waals surface area (Å²) >= 11 is 0. The van der Waals surface area contributed by atoms with Crippen LogP contribution in [0.5, 0.6) is 0 Å². The van der Waals surface area contributed by atoms with Gasteiger partial charge in [-0.05, 0) is 36.2 Å². The van der Waals surface area contributed by atoms with Crippen molar-refractivity contribution in [2.45, 2.75) is 13.5 Å². The van der Waals surface area contributed by atoms with Crippen molar-refractivity contribution in [1.29, 1.82) is 0 Å². The van der Waals surface area contributed by atoms with E-state index in [-0.39, 0.29) is 12.6 Å². The fraction of sp³-hybridized carbons (Fsp3) is 0.118. The maximum absolute atomic E-state index is 12.1. The van der Waals surface area contributed by atoms with Gasteiger partial charge in [0.2, 0.25) is 0 Å². The van der Waals surface area contributed by atoms with Gasteiger partial charge < -0.3 is 4.74 Å². The molecule has 2 aromatic carbocycles. The first-order chi connectivity index (χ1) is 10.2. The molecule has 3 aromatic rings. The second kappa shape index (κ2) is 5.71. The van der Waals surface area contributed by atoms with E-state index in [1.807, 2.05) is 31.2 Å². The standard InChI is InChI=1S/C17H14N2O2/c1-12-4-2-3-5-14(12)11-21-17(20)13-6-7-15-16(10-13)19-9-8-18-15/h2-10H,11H2,1H3. The van der Waals surface area contributed by atoms with E-state index in [0.29, 0.717) is 11.1 Å². The third-order valence-corrected chi connectivity index (χ3v) is 3.33. The summed E-state index contributed by atoms with van der Waals surface area (Å²) in [6, 6.07) is 13.0. The number of aromatic nitrogens is 2. The van der Waals surface area contributed by atoms with Gasteiger partial charge in [0, 0.05) is 12.4 Å². The predicted molar refractivity (Wildman–Crippen MR) is 79.8 cm³/mol. The van der Waals surface area contributed by atoms with Crippen LogP contribution in [0, 0.1) is 6.92 Å². The molecule has 0 aliphatic heterocycles. The lowest BCUT2D eigenvalue weighted by Crippen LogP contribution is -2.06. The normalized spacial score (nSPS) is 10.5. The average molecular weight is 278 g/mol. The molecule has 0 aliphatic carbocycles. The van der Waals surface area contributed by atoms with Crippen LogP contribution in [0.15, 0.2) is 54.9 Å². The molecule has 0 N–H and O–H groups in total. The van der Waals surface area contributed by atoms with Crippen molar-refractivity contribution in [2.24, 2.45) is 0 Å². The number of rotatable bonds is 3. The minimum atomic E-state index is -0.356. The monoisotopic (exact) mass is 278 g/mol. The zero-order chi connectivity index (χ0) is 14.7. The molecule has 0 saturated carbocycles. The third kappa shape index (κ3) is 2.89. The molecule has 4 heteroatoms. The Labute approximate surface area is 122 Å². The topological polar surface area (TPSA) is 52.1 Å².